The van der Waals surface area contributed by atoms with Gasteiger partial charge in [-0.25, -0.2) is 9.78 Å². The smallest absolute Gasteiger partial charge is 0.340 e. The maximum Gasteiger partial charge on any atom is 0.340 e. The van der Waals surface area contributed by atoms with Gasteiger partial charge in [0.2, 0.25) is 0 Å². The Kier molecular flexibility index (Phi) is 3.92. The maximum atomic E-state index is 11.5. The van der Waals surface area contributed by atoms with E-state index in [4.69, 9.17) is 5.73 Å². The molecule has 0 spiro atoms. The third-order valence-corrected chi connectivity index (χ3v) is 2.56. The van der Waals surface area contributed by atoms with E-state index in [2.05, 4.69) is 20.0 Å². The van der Waals surface area contributed by atoms with Crippen LogP contribution in [0.1, 0.15) is 15.9 Å². The highest BCUT2D eigenvalue weighted by atomic mass is 16.5. The van der Waals surface area contributed by atoms with E-state index >= 15 is 0 Å². The number of methoxy groups -OCH3 is 1. The minimum absolute atomic E-state index is 0.293. The Labute approximate surface area is 110 Å². The fourth-order valence-corrected chi connectivity index (χ4v) is 1.54. The molecule has 2 heterocycles. The lowest BCUT2D eigenvalue weighted by Crippen LogP contribution is -2.08. The first-order valence-electron chi connectivity index (χ1n) is 5.67. The van der Waals surface area contributed by atoms with Crippen LogP contribution in [-0.4, -0.2) is 23.0 Å². The SMILES string of the molecule is COC(=O)c1cc(NCc2ccncc2)ncc1N. The molecule has 0 bridgehead atoms. The number of nitrogens with zero attached hydrogens (tertiary/aromatic N) is 2. The molecule has 0 saturated heterocycles. The van der Waals surface area contributed by atoms with E-state index in [0.717, 1.165) is 5.56 Å². The van der Waals surface area contributed by atoms with Crippen LogP contribution in [0.5, 0.6) is 0 Å². The summed E-state index contributed by atoms with van der Waals surface area (Å²) in [4.78, 5) is 19.5. The van der Waals surface area contributed by atoms with Crippen LogP contribution in [0.3, 0.4) is 0 Å². The van der Waals surface area contributed by atoms with E-state index in [1.54, 1.807) is 18.5 Å². The predicted molar refractivity (Wildman–Crippen MR) is 71.6 cm³/mol. The van der Waals surface area contributed by atoms with Gasteiger partial charge in [-0.05, 0) is 23.8 Å². The van der Waals surface area contributed by atoms with Crippen molar-refractivity contribution in [1.29, 1.82) is 0 Å². The highest BCUT2D eigenvalue weighted by molar-refractivity contribution is 5.95. The molecule has 0 radical (unpaired) electrons. The van der Waals surface area contributed by atoms with Gasteiger partial charge in [0.15, 0.2) is 0 Å². The minimum Gasteiger partial charge on any atom is -0.465 e. The summed E-state index contributed by atoms with van der Waals surface area (Å²) in [5.74, 6) is 0.0817. The molecule has 6 heteroatoms. The van der Waals surface area contributed by atoms with Gasteiger partial charge in [0.25, 0.3) is 0 Å². The molecule has 2 aromatic rings. The number of nitrogens with one attached hydrogen (secondary N) is 1. The summed E-state index contributed by atoms with van der Waals surface area (Å²) in [5.41, 5.74) is 7.33. The lowest BCUT2D eigenvalue weighted by Gasteiger charge is -2.08. The third-order valence-electron chi connectivity index (χ3n) is 2.56. The number of carbonyl (C=O) groups excluding carboxylic acids is 1. The number of hydrogen-bond donors (Lipinski definition) is 2. The summed E-state index contributed by atoms with van der Waals surface area (Å²) >= 11 is 0. The molecule has 2 aromatic heterocycles. The van der Waals surface area contributed by atoms with Crippen LogP contribution in [-0.2, 0) is 11.3 Å². The van der Waals surface area contributed by atoms with Gasteiger partial charge in [0.05, 0.1) is 24.6 Å². The first-order valence-corrected chi connectivity index (χ1v) is 5.67. The molecule has 0 amide bonds. The van der Waals surface area contributed by atoms with Crippen LogP contribution >= 0.6 is 0 Å². The van der Waals surface area contributed by atoms with Crippen LogP contribution in [0.15, 0.2) is 36.8 Å². The topological polar surface area (TPSA) is 90.1 Å². The quantitative estimate of drug-likeness (QED) is 0.807. The van der Waals surface area contributed by atoms with Crippen molar-refractivity contribution in [3.8, 4) is 0 Å². The standard InChI is InChI=1S/C13H14N4O2/c1-19-13(18)10-6-12(17-8-11(10)14)16-7-9-2-4-15-5-3-9/h2-6,8H,7,14H2,1H3,(H,16,17). The molecule has 0 aromatic carbocycles. The zero-order chi connectivity index (χ0) is 13.7. The summed E-state index contributed by atoms with van der Waals surface area (Å²) in [6.07, 6.45) is 4.86. The van der Waals surface area contributed by atoms with E-state index in [1.807, 2.05) is 12.1 Å². The molecule has 2 rings (SSSR count). The van der Waals surface area contributed by atoms with Crippen molar-refractivity contribution in [3.63, 3.8) is 0 Å². The molecule has 0 saturated carbocycles. The van der Waals surface area contributed by atoms with Gasteiger partial charge in [0, 0.05) is 18.9 Å². The van der Waals surface area contributed by atoms with Crippen molar-refractivity contribution >= 4 is 17.5 Å². The number of esters is 1. The molecule has 0 atom stereocenters. The Hall–Kier alpha value is -2.63. The summed E-state index contributed by atoms with van der Waals surface area (Å²) < 4.78 is 4.65. The lowest BCUT2D eigenvalue weighted by atomic mass is 10.2. The fraction of sp³-hybridized carbons (Fsp3) is 0.154. The lowest BCUT2D eigenvalue weighted by molar-refractivity contribution is 0.0602. The van der Waals surface area contributed by atoms with E-state index in [9.17, 15) is 4.79 Å². The highest BCUT2D eigenvalue weighted by Gasteiger charge is 2.11. The first kappa shape index (κ1) is 12.8. The van der Waals surface area contributed by atoms with Gasteiger partial charge in [-0.3, -0.25) is 4.98 Å². The predicted octanol–water partition coefficient (Wildman–Crippen LogP) is 1.46. The maximum absolute atomic E-state index is 11.5. The van der Waals surface area contributed by atoms with Gasteiger partial charge in [0.1, 0.15) is 5.82 Å². The Bertz CT molecular complexity index is 572. The van der Waals surface area contributed by atoms with Crippen molar-refractivity contribution in [2.24, 2.45) is 0 Å². The number of nitrogens with two attached hydrogens (primary N) is 1. The summed E-state index contributed by atoms with van der Waals surface area (Å²) in [6.45, 7) is 0.583. The normalized spacial score (nSPS) is 9.95. The largest absolute Gasteiger partial charge is 0.465 e. The van der Waals surface area contributed by atoms with E-state index in [-0.39, 0.29) is 0 Å². The Morgan fingerprint density at radius 3 is 2.84 bits per heavy atom. The van der Waals surface area contributed by atoms with Crippen LogP contribution in [0.2, 0.25) is 0 Å². The molecular weight excluding hydrogens is 244 g/mol. The second kappa shape index (κ2) is 5.81. The van der Waals surface area contributed by atoms with Crippen molar-refractivity contribution in [2.75, 3.05) is 18.2 Å². The average Bonchev–Trinajstić information content (AvgIpc) is 2.46. The van der Waals surface area contributed by atoms with Crippen molar-refractivity contribution in [2.45, 2.75) is 6.54 Å². The van der Waals surface area contributed by atoms with E-state index in [0.29, 0.717) is 23.6 Å². The van der Waals surface area contributed by atoms with Crippen LogP contribution < -0.4 is 11.1 Å². The highest BCUT2D eigenvalue weighted by Crippen LogP contribution is 2.16. The third kappa shape index (κ3) is 3.19. The molecule has 19 heavy (non-hydrogen) atoms. The van der Waals surface area contributed by atoms with Crippen LogP contribution in [0, 0.1) is 0 Å². The summed E-state index contributed by atoms with van der Waals surface area (Å²) in [6, 6.07) is 5.36. The zero-order valence-corrected chi connectivity index (χ0v) is 10.5. The number of carbonyl (C=O) groups is 1. The first-order chi connectivity index (χ1) is 9.20. The molecular formula is C13H14N4O2. The second-order valence-corrected chi connectivity index (χ2v) is 3.86. The second-order valence-electron chi connectivity index (χ2n) is 3.86. The van der Waals surface area contributed by atoms with Crippen LogP contribution in [0.4, 0.5) is 11.5 Å². The van der Waals surface area contributed by atoms with Crippen molar-refractivity contribution in [1.82, 2.24) is 9.97 Å². The van der Waals surface area contributed by atoms with Gasteiger partial charge < -0.3 is 15.8 Å². The van der Waals surface area contributed by atoms with Crippen LogP contribution in [0.25, 0.3) is 0 Å². The number of rotatable bonds is 4. The fourth-order valence-electron chi connectivity index (χ4n) is 1.54. The molecule has 98 valence electrons. The molecule has 3 N–H and O–H groups in total. The molecule has 0 aliphatic heterocycles. The number of ether oxygens (including phenoxy) is 1. The average molecular weight is 258 g/mol. The van der Waals surface area contributed by atoms with Gasteiger partial charge in [-0.1, -0.05) is 0 Å². The number of pyridine rings is 2. The number of anilines is 2. The Morgan fingerprint density at radius 1 is 1.42 bits per heavy atom. The Balaban J connectivity index is 2.11. The van der Waals surface area contributed by atoms with Gasteiger partial charge >= 0.3 is 5.97 Å². The molecule has 0 fully saturated rings. The Morgan fingerprint density at radius 2 is 2.16 bits per heavy atom. The number of aromatic nitrogens is 2. The summed E-state index contributed by atoms with van der Waals surface area (Å²) in [7, 11) is 1.31. The van der Waals surface area contributed by atoms with E-state index < -0.39 is 5.97 Å². The molecule has 0 unspecified atom stereocenters. The minimum atomic E-state index is -0.480. The monoisotopic (exact) mass is 258 g/mol. The number of nitrogen functional groups attached to an aromatic ring is 1. The summed E-state index contributed by atoms with van der Waals surface area (Å²) in [5, 5.41) is 3.11. The van der Waals surface area contributed by atoms with Gasteiger partial charge in [-0.15, -0.1) is 0 Å². The zero-order valence-electron chi connectivity index (χ0n) is 10.5. The number of hydrogen-bond acceptors (Lipinski definition) is 6. The van der Waals surface area contributed by atoms with Crippen molar-refractivity contribution in [3.05, 3.63) is 47.9 Å². The van der Waals surface area contributed by atoms with Crippen molar-refractivity contribution < 1.29 is 9.53 Å². The molecule has 0 aliphatic carbocycles. The molecule has 6 nitrogen and oxygen atoms in total. The molecule has 0 aliphatic rings. The van der Waals surface area contributed by atoms with Gasteiger partial charge in [-0.2, -0.15) is 0 Å². The van der Waals surface area contributed by atoms with E-state index in [1.165, 1.54) is 13.3 Å².